The number of H-pyrrole nitrogens is 2. The molecule has 342 valence electrons. The molecule has 0 spiro atoms. The maximum atomic E-state index is 14.5. The van der Waals surface area contributed by atoms with Crippen LogP contribution in [0.2, 0.25) is 0 Å². The largest absolute Gasteiger partial charge is 0.453 e. The highest BCUT2D eigenvalue weighted by Crippen LogP contribution is 2.40. The minimum Gasteiger partial charge on any atom is -0.453 e. The Labute approximate surface area is 377 Å². The van der Waals surface area contributed by atoms with Gasteiger partial charge in [-0.25, -0.2) is 19.6 Å². The first-order chi connectivity index (χ1) is 31.4. The molecule has 16 heteroatoms. The van der Waals surface area contributed by atoms with E-state index in [1.165, 1.54) is 14.2 Å². The number of rotatable bonds is 11. The Balaban J connectivity index is 0.985. The number of amides is 4. The van der Waals surface area contributed by atoms with Gasteiger partial charge in [0.05, 0.1) is 55.0 Å². The van der Waals surface area contributed by atoms with Gasteiger partial charge < -0.3 is 49.3 Å². The number of aromatic nitrogens is 4. The third-order valence-electron chi connectivity index (χ3n) is 13.7. The Kier molecular flexibility index (Phi) is 12.4. The van der Waals surface area contributed by atoms with E-state index in [9.17, 15) is 19.2 Å². The zero-order chi connectivity index (χ0) is 45.5. The second kappa shape index (κ2) is 18.3. The fourth-order valence-corrected chi connectivity index (χ4v) is 10.3. The molecule has 9 rings (SSSR count). The Bertz CT molecular complexity index is 2760. The van der Waals surface area contributed by atoms with Crippen LogP contribution in [0.1, 0.15) is 70.2 Å². The average Bonchev–Trinajstić information content (AvgIpc) is 4.14. The first-order valence-electron chi connectivity index (χ1n) is 22.7. The molecule has 16 nitrogen and oxygen atoms in total. The lowest BCUT2D eigenvalue weighted by molar-refractivity contribution is -0.137. The van der Waals surface area contributed by atoms with Gasteiger partial charge in [-0.15, -0.1) is 0 Å². The number of fused-ring (bicyclic) bond motifs is 6. The molecule has 3 aliphatic heterocycles. The number of imidazole rings is 2. The standard InChI is InChI=1S/C49H58N8O8/c1-26(2)40(54-48(60)63-5)46(58)56-23-27(3)19-38(56)44-50-36-13-9-32-21-30(7-11-34(32)42(36)52-44)31-8-12-35-33(22-31)10-14-37-43(35)53-45(51-37)39-20-28(25-62-4)24-57(39)47(59)41(55-49(61)64-6)29-15-17-65-18-16-29/h7-14,21-22,26-29,38-41H,15-20,23-25H2,1-6H3,(H,50,52)(H,51,53)(H,54,60)(H,55,61)/t27-,28-,38-,39-,40-,41-/m0/s1. The summed E-state index contributed by atoms with van der Waals surface area (Å²) in [6.07, 6.45) is 1.49. The summed E-state index contributed by atoms with van der Waals surface area (Å²) in [5.41, 5.74) is 5.56. The lowest BCUT2D eigenvalue weighted by Crippen LogP contribution is -2.53. The summed E-state index contributed by atoms with van der Waals surface area (Å²) in [6.45, 7) is 8.57. The molecule has 5 heterocycles. The molecule has 0 aliphatic carbocycles. The van der Waals surface area contributed by atoms with Crippen LogP contribution in [0.4, 0.5) is 9.59 Å². The molecular weight excluding hydrogens is 829 g/mol. The van der Waals surface area contributed by atoms with Crippen LogP contribution in [0.15, 0.2) is 60.7 Å². The Hall–Kier alpha value is -6.26. The summed E-state index contributed by atoms with van der Waals surface area (Å²) < 4.78 is 20.9. The fourth-order valence-electron chi connectivity index (χ4n) is 10.3. The lowest BCUT2D eigenvalue weighted by Gasteiger charge is -2.34. The molecule has 3 fully saturated rings. The number of hydrogen-bond donors (Lipinski definition) is 4. The number of likely N-dealkylation sites (tertiary alicyclic amines) is 2. The number of carbonyl (C=O) groups excluding carboxylic acids is 4. The van der Waals surface area contributed by atoms with Crippen LogP contribution in [0.25, 0.3) is 54.7 Å². The van der Waals surface area contributed by atoms with E-state index in [4.69, 9.17) is 28.9 Å². The van der Waals surface area contributed by atoms with Crippen molar-refractivity contribution in [3.63, 3.8) is 0 Å². The van der Waals surface area contributed by atoms with Crippen LogP contribution in [0.3, 0.4) is 0 Å². The molecular formula is C49H58N8O8. The number of carbonyl (C=O) groups is 4. The number of alkyl carbamates (subject to hydrolysis) is 2. The molecule has 0 saturated carbocycles. The van der Waals surface area contributed by atoms with Gasteiger partial charge in [0, 0.05) is 50.1 Å². The van der Waals surface area contributed by atoms with Gasteiger partial charge in [-0.2, -0.15) is 0 Å². The topological polar surface area (TPSA) is 193 Å². The monoisotopic (exact) mass is 886 g/mol. The number of aromatic amines is 2. The van der Waals surface area contributed by atoms with Gasteiger partial charge >= 0.3 is 12.2 Å². The van der Waals surface area contributed by atoms with Crippen molar-refractivity contribution in [2.45, 2.75) is 70.6 Å². The van der Waals surface area contributed by atoms with Gasteiger partial charge in [0.15, 0.2) is 0 Å². The molecule has 2 aromatic heterocycles. The molecule has 65 heavy (non-hydrogen) atoms. The minimum atomic E-state index is -0.747. The summed E-state index contributed by atoms with van der Waals surface area (Å²) in [6, 6.07) is 19.0. The van der Waals surface area contributed by atoms with E-state index in [0.29, 0.717) is 58.0 Å². The van der Waals surface area contributed by atoms with Crippen LogP contribution < -0.4 is 10.6 Å². The van der Waals surface area contributed by atoms with Crippen molar-refractivity contribution in [1.29, 1.82) is 0 Å². The summed E-state index contributed by atoms with van der Waals surface area (Å²) in [7, 11) is 4.28. The van der Waals surface area contributed by atoms with Crippen molar-refractivity contribution in [1.82, 2.24) is 40.4 Å². The quantitative estimate of drug-likeness (QED) is 0.102. The van der Waals surface area contributed by atoms with Crippen molar-refractivity contribution in [2.24, 2.45) is 23.7 Å². The Morgan fingerprint density at radius 1 is 0.738 bits per heavy atom. The third-order valence-corrected chi connectivity index (χ3v) is 13.7. The second-order valence-corrected chi connectivity index (χ2v) is 18.4. The zero-order valence-electron chi connectivity index (χ0n) is 37.8. The van der Waals surface area contributed by atoms with Gasteiger partial charge in [0.25, 0.3) is 0 Å². The van der Waals surface area contributed by atoms with Crippen molar-refractivity contribution in [3.05, 3.63) is 72.3 Å². The SMILES string of the molecule is COC[C@H]1C[C@@H](c2nc3ccc4cc(-c5ccc6c(ccc7nc([C@@H]8C[C@H](C)CN8C(=O)[C@@H](NC(=O)OC)C(C)C)[nH]c76)c5)ccc4c3[nH]2)N(C(=O)[C@@H](NC(=O)OC)C2CCOCC2)C1. The van der Waals surface area contributed by atoms with E-state index in [0.717, 1.165) is 67.0 Å². The van der Waals surface area contributed by atoms with Crippen molar-refractivity contribution >= 4 is 67.6 Å². The predicted molar refractivity (Wildman–Crippen MR) is 246 cm³/mol. The van der Waals surface area contributed by atoms with E-state index >= 15 is 0 Å². The molecule has 0 unspecified atom stereocenters. The Morgan fingerprint density at radius 2 is 1.29 bits per heavy atom. The lowest BCUT2D eigenvalue weighted by atomic mass is 9.90. The predicted octanol–water partition coefficient (Wildman–Crippen LogP) is 7.39. The highest BCUT2D eigenvalue weighted by atomic mass is 16.5. The molecule has 0 bridgehead atoms. The number of nitrogens with zero attached hydrogens (tertiary/aromatic N) is 4. The molecule has 4 N–H and O–H groups in total. The van der Waals surface area contributed by atoms with Crippen LogP contribution >= 0.6 is 0 Å². The fraction of sp³-hybridized carbons (Fsp3) is 0.469. The summed E-state index contributed by atoms with van der Waals surface area (Å²) in [5.74, 6) is 1.29. The molecule has 4 amide bonds. The maximum Gasteiger partial charge on any atom is 0.407 e. The van der Waals surface area contributed by atoms with Crippen molar-refractivity contribution in [3.8, 4) is 11.1 Å². The van der Waals surface area contributed by atoms with Crippen molar-refractivity contribution < 1.29 is 38.1 Å². The van der Waals surface area contributed by atoms with Gasteiger partial charge in [0.1, 0.15) is 23.7 Å². The van der Waals surface area contributed by atoms with Gasteiger partial charge in [-0.05, 0) is 89.6 Å². The number of nitrogens with one attached hydrogen (secondary N) is 4. The van der Waals surface area contributed by atoms with Crippen LogP contribution in [-0.4, -0.2) is 120 Å². The molecule has 0 radical (unpaired) electrons. The second-order valence-electron chi connectivity index (χ2n) is 18.4. The first kappa shape index (κ1) is 44.0. The van der Waals surface area contributed by atoms with Crippen LogP contribution in [0.5, 0.6) is 0 Å². The first-order valence-corrected chi connectivity index (χ1v) is 22.7. The van der Waals surface area contributed by atoms with Crippen LogP contribution in [0, 0.1) is 23.7 Å². The maximum absolute atomic E-state index is 14.5. The molecule has 4 aromatic carbocycles. The average molecular weight is 887 g/mol. The summed E-state index contributed by atoms with van der Waals surface area (Å²) in [5, 5.41) is 9.73. The van der Waals surface area contributed by atoms with Gasteiger partial charge in [0.2, 0.25) is 11.8 Å². The molecule has 3 aliphatic rings. The molecule has 6 aromatic rings. The number of ether oxygens (including phenoxy) is 4. The normalized spacial score (nSPS) is 21.4. The third kappa shape index (κ3) is 8.56. The minimum absolute atomic E-state index is 0.0771. The summed E-state index contributed by atoms with van der Waals surface area (Å²) in [4.78, 5) is 74.0. The zero-order valence-corrected chi connectivity index (χ0v) is 37.8. The highest BCUT2D eigenvalue weighted by molar-refractivity contribution is 6.07. The van der Waals surface area contributed by atoms with E-state index in [1.54, 1.807) is 7.11 Å². The van der Waals surface area contributed by atoms with Crippen molar-refractivity contribution in [2.75, 3.05) is 54.2 Å². The van der Waals surface area contributed by atoms with E-state index in [1.807, 2.05) is 35.8 Å². The summed E-state index contributed by atoms with van der Waals surface area (Å²) >= 11 is 0. The smallest absolute Gasteiger partial charge is 0.407 e. The van der Waals surface area contributed by atoms with Gasteiger partial charge in [-0.1, -0.05) is 57.2 Å². The number of benzene rings is 4. The number of hydrogen-bond acceptors (Lipinski definition) is 10. The molecule has 3 saturated heterocycles. The molecule has 6 atom stereocenters. The van der Waals surface area contributed by atoms with E-state index < -0.39 is 24.3 Å². The van der Waals surface area contributed by atoms with E-state index in [-0.39, 0.29) is 47.6 Å². The number of methoxy groups -OCH3 is 3. The highest BCUT2D eigenvalue weighted by Gasteiger charge is 2.44. The van der Waals surface area contributed by atoms with Crippen LogP contribution in [-0.2, 0) is 28.5 Å². The van der Waals surface area contributed by atoms with Gasteiger partial charge in [-0.3, -0.25) is 9.59 Å². The Morgan fingerprint density at radius 3 is 1.85 bits per heavy atom. The van der Waals surface area contributed by atoms with E-state index in [2.05, 4.69) is 76.1 Å².